The van der Waals surface area contributed by atoms with Crippen molar-refractivity contribution in [1.29, 1.82) is 0 Å². The number of hydrogen-bond donors (Lipinski definition) is 1. The summed E-state index contributed by atoms with van der Waals surface area (Å²) in [5.74, 6) is -0.743. The average Bonchev–Trinajstić information content (AvgIpc) is 2.83. The maximum Gasteiger partial charge on any atom is 0.228 e. The first-order valence-electron chi connectivity index (χ1n) is 13.8. The van der Waals surface area contributed by atoms with E-state index < -0.39 is 19.7 Å². The zero-order chi connectivity index (χ0) is 29.3. The van der Waals surface area contributed by atoms with Crippen molar-refractivity contribution in [2.24, 2.45) is 0 Å². The number of aryl methyl sites for hydroxylation is 1. The minimum atomic E-state index is -2.09. The van der Waals surface area contributed by atoms with Crippen LogP contribution in [0.15, 0.2) is 30.3 Å². The van der Waals surface area contributed by atoms with Crippen molar-refractivity contribution >= 4 is 25.8 Å². The lowest BCUT2D eigenvalue weighted by molar-refractivity contribution is -0.137. The molecular weight excluding hydrogens is 533 g/mol. The van der Waals surface area contributed by atoms with Crippen molar-refractivity contribution in [1.82, 2.24) is 4.90 Å². The SMILES string of the molecule is COc1ccc(Cl)c(CC(=O)N2[C@@H](CO[Si](C)(C)C(C)(C)C)Cc3c(CCC(C)(C)O)cccc3[C@@H]2C)c1F. The average molecular weight is 578 g/mol. The Bertz CT molecular complexity index is 1190. The van der Waals surface area contributed by atoms with E-state index in [4.69, 9.17) is 20.8 Å². The van der Waals surface area contributed by atoms with E-state index in [2.05, 4.69) is 46.0 Å². The normalized spacial score (nSPS) is 18.2. The maximum atomic E-state index is 15.1. The summed E-state index contributed by atoms with van der Waals surface area (Å²) in [6, 6.07) is 8.78. The molecule has 0 aliphatic carbocycles. The van der Waals surface area contributed by atoms with Gasteiger partial charge in [0.25, 0.3) is 0 Å². The van der Waals surface area contributed by atoms with Gasteiger partial charge in [-0.15, -0.1) is 0 Å². The molecule has 1 N–H and O–H groups in total. The Kier molecular flexibility index (Phi) is 9.63. The Morgan fingerprint density at radius 3 is 2.44 bits per heavy atom. The Balaban J connectivity index is 2.00. The first kappa shape index (κ1) is 31.6. The third-order valence-electron chi connectivity index (χ3n) is 8.45. The van der Waals surface area contributed by atoms with Crippen LogP contribution < -0.4 is 4.74 Å². The first-order valence-corrected chi connectivity index (χ1v) is 17.0. The fourth-order valence-corrected chi connectivity index (χ4v) is 6.24. The molecular formula is C31H45ClFNO4Si. The maximum absolute atomic E-state index is 15.1. The number of amides is 1. The van der Waals surface area contributed by atoms with Gasteiger partial charge in [-0.2, -0.15) is 0 Å². The van der Waals surface area contributed by atoms with E-state index in [1.807, 2.05) is 31.7 Å². The number of rotatable bonds is 9. The molecule has 216 valence electrons. The van der Waals surface area contributed by atoms with E-state index in [1.54, 1.807) is 6.07 Å². The molecule has 0 saturated carbocycles. The smallest absolute Gasteiger partial charge is 0.228 e. The Hall–Kier alpha value is -1.93. The quantitative estimate of drug-likeness (QED) is 0.318. The molecule has 0 aromatic heterocycles. The molecule has 0 fully saturated rings. The molecule has 0 spiro atoms. The third kappa shape index (κ3) is 7.23. The summed E-state index contributed by atoms with van der Waals surface area (Å²) in [5, 5.41) is 10.6. The Morgan fingerprint density at radius 2 is 1.85 bits per heavy atom. The fourth-order valence-electron chi connectivity index (χ4n) is 4.99. The standard InChI is InChI=1S/C31H45ClFNO4Si/c1-20-23-12-10-11-21(15-16-31(5,6)36)24(23)17-22(19-38-39(8,9)30(2,3)4)34(20)28(35)18-25-26(32)13-14-27(37-7)29(25)33/h10-14,20,22,36H,15-19H2,1-9H3/t20-,22+/m0/s1. The van der Waals surface area contributed by atoms with Gasteiger partial charge >= 0.3 is 0 Å². The molecule has 2 atom stereocenters. The second-order valence-electron chi connectivity index (χ2n) is 12.9. The highest BCUT2D eigenvalue weighted by Gasteiger charge is 2.41. The molecule has 1 aliphatic rings. The van der Waals surface area contributed by atoms with Crippen LogP contribution >= 0.6 is 11.6 Å². The van der Waals surface area contributed by atoms with Crippen LogP contribution in [-0.2, 0) is 28.5 Å². The van der Waals surface area contributed by atoms with Crippen LogP contribution in [0.5, 0.6) is 5.75 Å². The number of benzene rings is 2. The van der Waals surface area contributed by atoms with Crippen LogP contribution in [-0.4, -0.2) is 49.6 Å². The van der Waals surface area contributed by atoms with E-state index in [9.17, 15) is 9.90 Å². The summed E-state index contributed by atoms with van der Waals surface area (Å²) in [6.07, 6.45) is 1.85. The second-order valence-corrected chi connectivity index (χ2v) is 18.1. The van der Waals surface area contributed by atoms with Gasteiger partial charge in [0.15, 0.2) is 19.9 Å². The van der Waals surface area contributed by atoms with Crippen LogP contribution in [0, 0.1) is 5.82 Å². The van der Waals surface area contributed by atoms with Gasteiger partial charge in [0, 0.05) is 10.6 Å². The van der Waals surface area contributed by atoms with Gasteiger partial charge in [-0.25, -0.2) is 4.39 Å². The van der Waals surface area contributed by atoms with Crippen molar-refractivity contribution in [2.75, 3.05) is 13.7 Å². The van der Waals surface area contributed by atoms with Crippen LogP contribution in [0.4, 0.5) is 4.39 Å². The summed E-state index contributed by atoms with van der Waals surface area (Å²) in [7, 11) is -0.699. The molecule has 0 radical (unpaired) electrons. The topological polar surface area (TPSA) is 59.0 Å². The van der Waals surface area contributed by atoms with Gasteiger partial charge in [-0.05, 0) is 87.0 Å². The number of nitrogens with zero attached hydrogens (tertiary/aromatic N) is 1. The molecule has 1 amide bonds. The fraction of sp³-hybridized carbons (Fsp3) is 0.581. The molecule has 2 aromatic rings. The van der Waals surface area contributed by atoms with Gasteiger partial charge in [-0.1, -0.05) is 50.6 Å². The lowest BCUT2D eigenvalue weighted by Crippen LogP contribution is -2.52. The molecule has 0 bridgehead atoms. The second kappa shape index (κ2) is 11.9. The zero-order valence-corrected chi connectivity index (χ0v) is 26.7. The summed E-state index contributed by atoms with van der Waals surface area (Å²) >= 11 is 6.35. The molecule has 39 heavy (non-hydrogen) atoms. The molecule has 1 aliphatic heterocycles. The number of carbonyl (C=O) groups excluding carboxylic acids is 1. The summed E-state index contributed by atoms with van der Waals surface area (Å²) in [4.78, 5) is 15.8. The van der Waals surface area contributed by atoms with Gasteiger partial charge < -0.3 is 19.2 Å². The van der Waals surface area contributed by atoms with Crippen molar-refractivity contribution < 1.29 is 23.5 Å². The number of methoxy groups -OCH3 is 1. The van der Waals surface area contributed by atoms with E-state index >= 15 is 4.39 Å². The molecule has 5 nitrogen and oxygen atoms in total. The number of ether oxygens (including phenoxy) is 1. The molecule has 0 unspecified atom stereocenters. The lowest BCUT2D eigenvalue weighted by atomic mass is 9.83. The Morgan fingerprint density at radius 1 is 1.18 bits per heavy atom. The highest BCUT2D eigenvalue weighted by Crippen LogP contribution is 2.40. The summed E-state index contributed by atoms with van der Waals surface area (Å²) in [5.41, 5.74) is 2.86. The lowest BCUT2D eigenvalue weighted by Gasteiger charge is -2.45. The minimum absolute atomic E-state index is 0.0230. The third-order valence-corrected chi connectivity index (χ3v) is 13.3. The summed E-state index contributed by atoms with van der Waals surface area (Å²) in [6.45, 7) is 17.1. The number of carbonyl (C=O) groups is 1. The van der Waals surface area contributed by atoms with Crippen LogP contribution in [0.3, 0.4) is 0 Å². The molecule has 0 saturated heterocycles. The van der Waals surface area contributed by atoms with Crippen LogP contribution in [0.2, 0.25) is 23.2 Å². The van der Waals surface area contributed by atoms with Gasteiger partial charge in [-0.3, -0.25) is 4.79 Å². The van der Waals surface area contributed by atoms with Crippen molar-refractivity contribution in [3.8, 4) is 5.75 Å². The highest BCUT2D eigenvalue weighted by molar-refractivity contribution is 6.74. The van der Waals surface area contributed by atoms with E-state index in [1.165, 1.54) is 24.3 Å². The Labute approximate surface area is 239 Å². The van der Waals surface area contributed by atoms with Gasteiger partial charge in [0.05, 0.1) is 37.8 Å². The number of halogens is 2. The van der Waals surface area contributed by atoms with Crippen molar-refractivity contribution in [2.45, 2.75) is 103 Å². The molecule has 3 rings (SSSR count). The van der Waals surface area contributed by atoms with Crippen LogP contribution in [0.1, 0.15) is 76.3 Å². The number of aliphatic hydroxyl groups is 1. The molecule has 1 heterocycles. The molecule has 8 heteroatoms. The number of fused-ring (bicyclic) bond motifs is 1. The van der Waals surface area contributed by atoms with E-state index in [0.29, 0.717) is 19.4 Å². The number of hydrogen-bond acceptors (Lipinski definition) is 4. The van der Waals surface area contributed by atoms with E-state index in [-0.39, 0.29) is 45.8 Å². The zero-order valence-electron chi connectivity index (χ0n) is 25.0. The van der Waals surface area contributed by atoms with Gasteiger partial charge in [0.2, 0.25) is 5.91 Å². The van der Waals surface area contributed by atoms with E-state index in [0.717, 1.165) is 12.0 Å². The minimum Gasteiger partial charge on any atom is -0.494 e. The predicted molar refractivity (Wildman–Crippen MR) is 159 cm³/mol. The monoisotopic (exact) mass is 577 g/mol. The van der Waals surface area contributed by atoms with Crippen LogP contribution in [0.25, 0.3) is 0 Å². The summed E-state index contributed by atoms with van der Waals surface area (Å²) < 4.78 is 26.9. The van der Waals surface area contributed by atoms with Crippen molar-refractivity contribution in [3.05, 3.63) is 63.4 Å². The predicted octanol–water partition coefficient (Wildman–Crippen LogP) is 7.27. The largest absolute Gasteiger partial charge is 0.494 e. The van der Waals surface area contributed by atoms with Gasteiger partial charge in [0.1, 0.15) is 0 Å². The van der Waals surface area contributed by atoms with Crippen molar-refractivity contribution in [3.63, 3.8) is 0 Å². The first-order chi connectivity index (χ1) is 18.0. The molecule has 2 aromatic carbocycles. The highest BCUT2D eigenvalue weighted by atomic mass is 35.5.